The summed E-state index contributed by atoms with van der Waals surface area (Å²) in [6.45, 7) is 6.11. The van der Waals surface area contributed by atoms with Crippen LogP contribution in [0.15, 0.2) is 29.0 Å². The van der Waals surface area contributed by atoms with Gasteiger partial charge in [-0.25, -0.2) is 4.99 Å². The van der Waals surface area contributed by atoms with Gasteiger partial charge in [-0.2, -0.15) is 0 Å². The van der Waals surface area contributed by atoms with Crippen molar-refractivity contribution in [2.45, 2.75) is 27.2 Å². The van der Waals surface area contributed by atoms with Crippen LogP contribution in [0.3, 0.4) is 0 Å². The lowest BCUT2D eigenvalue weighted by Gasteiger charge is -2.05. The topological polar surface area (TPSA) is 43.3 Å². The van der Waals surface area contributed by atoms with Crippen LogP contribution in [-0.2, 0) is 7.05 Å². The maximum Gasteiger partial charge on any atom is 0.132 e. The van der Waals surface area contributed by atoms with Gasteiger partial charge in [-0.3, -0.25) is 0 Å². The molecule has 3 heteroatoms. The number of allylic oxidation sites excluding steroid dienone is 2. The molecule has 0 unspecified atom stereocenters. The first-order valence-corrected chi connectivity index (χ1v) is 5.18. The first-order chi connectivity index (χ1) is 7.04. The number of nitrogens with two attached hydrogens (primary N) is 1. The summed E-state index contributed by atoms with van der Waals surface area (Å²) in [4.78, 5) is 4.52. The van der Waals surface area contributed by atoms with Gasteiger partial charge in [-0.15, -0.1) is 0 Å². The number of hydrogen-bond donors (Lipinski definition) is 1. The first kappa shape index (κ1) is 11.6. The number of nitrogens with zero attached hydrogens (tertiary/aromatic N) is 2. The molecule has 15 heavy (non-hydrogen) atoms. The van der Waals surface area contributed by atoms with E-state index in [1.54, 1.807) is 0 Å². The zero-order chi connectivity index (χ0) is 11.4. The molecule has 3 nitrogen and oxygen atoms in total. The number of nitrogen functional groups attached to an aromatic ring is 1. The Balaban J connectivity index is 3.26. The number of aryl methyl sites for hydroxylation is 2. The predicted octanol–water partition coefficient (Wildman–Crippen LogP) is 2.13. The Hall–Kier alpha value is -1.51. The second-order valence-corrected chi connectivity index (χ2v) is 3.75. The van der Waals surface area contributed by atoms with Gasteiger partial charge in [0.25, 0.3) is 0 Å². The molecule has 1 heterocycles. The molecule has 0 saturated carbocycles. The average Bonchev–Trinajstić information content (AvgIpc) is 2.14. The van der Waals surface area contributed by atoms with Crippen LogP contribution in [0.4, 0.5) is 5.69 Å². The zero-order valence-corrected chi connectivity index (χ0v) is 9.91. The molecule has 1 aromatic rings. The Morgan fingerprint density at radius 3 is 2.87 bits per heavy atom. The van der Waals surface area contributed by atoms with Crippen LogP contribution in [-0.4, -0.2) is 4.57 Å². The summed E-state index contributed by atoms with van der Waals surface area (Å²) in [5.74, 6) is 0. The monoisotopic (exact) mass is 205 g/mol. The molecule has 0 aromatic carbocycles. The van der Waals surface area contributed by atoms with Crippen molar-refractivity contribution in [1.82, 2.24) is 4.57 Å². The zero-order valence-electron chi connectivity index (χ0n) is 9.91. The SMILES string of the molecule is CC/C=C(/C)N=c1cc(C)c(N)cn1C. The molecule has 0 saturated heterocycles. The standard InChI is InChI=1S/C12H19N3/c1-5-6-10(3)14-12-7-9(2)11(13)8-15(12)4/h6-8H,5,13H2,1-4H3/b10-6-,14-12?. The third-order valence-electron chi connectivity index (χ3n) is 2.29. The molecule has 82 valence electrons. The van der Waals surface area contributed by atoms with E-state index < -0.39 is 0 Å². The predicted molar refractivity (Wildman–Crippen MR) is 64.2 cm³/mol. The molecule has 1 rings (SSSR count). The second kappa shape index (κ2) is 4.82. The van der Waals surface area contributed by atoms with Crippen molar-refractivity contribution in [2.24, 2.45) is 12.0 Å². The first-order valence-electron chi connectivity index (χ1n) is 5.18. The summed E-state index contributed by atoms with van der Waals surface area (Å²) in [6.07, 6.45) is 5.01. The summed E-state index contributed by atoms with van der Waals surface area (Å²) in [6, 6.07) is 2.00. The van der Waals surface area contributed by atoms with Crippen molar-refractivity contribution in [3.8, 4) is 0 Å². The molecule has 0 atom stereocenters. The molecule has 0 aliphatic heterocycles. The van der Waals surface area contributed by atoms with E-state index in [0.29, 0.717) is 0 Å². The molecule has 0 spiro atoms. The molecule has 1 aromatic heterocycles. The summed E-state index contributed by atoms with van der Waals surface area (Å²) in [5, 5.41) is 0. The number of hydrogen-bond acceptors (Lipinski definition) is 2. The normalized spacial score (nSPS) is 13.3. The Labute approximate surface area is 91.0 Å². The van der Waals surface area contributed by atoms with Gasteiger partial charge in [0.05, 0.1) is 5.69 Å². The molecule has 0 bridgehead atoms. The van der Waals surface area contributed by atoms with Crippen molar-refractivity contribution < 1.29 is 0 Å². The Kier molecular flexibility index (Phi) is 3.72. The van der Waals surface area contributed by atoms with Gasteiger partial charge in [0.1, 0.15) is 5.49 Å². The molecular weight excluding hydrogens is 186 g/mol. The highest BCUT2D eigenvalue weighted by Crippen LogP contribution is 2.05. The van der Waals surface area contributed by atoms with Gasteiger partial charge in [-0.05, 0) is 31.9 Å². The summed E-state index contributed by atoms with van der Waals surface area (Å²) >= 11 is 0. The van der Waals surface area contributed by atoms with E-state index in [1.165, 1.54) is 0 Å². The van der Waals surface area contributed by atoms with Crippen LogP contribution < -0.4 is 11.2 Å². The largest absolute Gasteiger partial charge is 0.397 e. The van der Waals surface area contributed by atoms with E-state index in [1.807, 2.05) is 37.7 Å². The summed E-state index contributed by atoms with van der Waals surface area (Å²) < 4.78 is 1.94. The molecule has 0 aliphatic rings. The summed E-state index contributed by atoms with van der Waals surface area (Å²) in [7, 11) is 1.95. The minimum Gasteiger partial charge on any atom is -0.397 e. The number of aromatic nitrogens is 1. The van der Waals surface area contributed by atoms with E-state index in [9.17, 15) is 0 Å². The van der Waals surface area contributed by atoms with Gasteiger partial charge >= 0.3 is 0 Å². The third-order valence-corrected chi connectivity index (χ3v) is 2.29. The van der Waals surface area contributed by atoms with Crippen molar-refractivity contribution >= 4 is 5.69 Å². The highest BCUT2D eigenvalue weighted by atomic mass is 15.0. The molecule has 0 radical (unpaired) electrons. The van der Waals surface area contributed by atoms with Crippen LogP contribution in [0.1, 0.15) is 25.8 Å². The number of pyridine rings is 1. The Bertz CT molecular complexity index is 439. The van der Waals surface area contributed by atoms with Crippen molar-refractivity contribution in [1.29, 1.82) is 0 Å². The molecular formula is C12H19N3. The number of rotatable bonds is 2. The van der Waals surface area contributed by atoms with Gasteiger partial charge in [0.15, 0.2) is 0 Å². The van der Waals surface area contributed by atoms with Gasteiger partial charge in [0, 0.05) is 18.9 Å². The van der Waals surface area contributed by atoms with E-state index in [0.717, 1.165) is 28.9 Å². The molecule has 0 amide bonds. The quantitative estimate of drug-likeness (QED) is 0.789. The van der Waals surface area contributed by atoms with Crippen molar-refractivity contribution in [3.63, 3.8) is 0 Å². The third kappa shape index (κ3) is 2.98. The minimum absolute atomic E-state index is 0.800. The van der Waals surface area contributed by atoms with Crippen LogP contribution in [0.5, 0.6) is 0 Å². The smallest absolute Gasteiger partial charge is 0.132 e. The van der Waals surface area contributed by atoms with E-state index in [-0.39, 0.29) is 0 Å². The molecule has 0 fully saturated rings. The average molecular weight is 205 g/mol. The van der Waals surface area contributed by atoms with Gasteiger partial charge in [0.2, 0.25) is 0 Å². The van der Waals surface area contributed by atoms with E-state index in [4.69, 9.17) is 5.73 Å². The van der Waals surface area contributed by atoms with Crippen LogP contribution in [0.2, 0.25) is 0 Å². The lowest BCUT2D eigenvalue weighted by molar-refractivity contribution is 0.824. The Morgan fingerprint density at radius 1 is 1.60 bits per heavy atom. The lowest BCUT2D eigenvalue weighted by Crippen LogP contribution is -2.18. The van der Waals surface area contributed by atoms with Crippen LogP contribution >= 0.6 is 0 Å². The fraction of sp³-hybridized carbons (Fsp3) is 0.417. The van der Waals surface area contributed by atoms with Crippen LogP contribution in [0.25, 0.3) is 0 Å². The maximum atomic E-state index is 5.80. The van der Waals surface area contributed by atoms with Crippen molar-refractivity contribution in [3.05, 3.63) is 35.1 Å². The van der Waals surface area contributed by atoms with Crippen LogP contribution in [0, 0.1) is 6.92 Å². The Morgan fingerprint density at radius 2 is 2.27 bits per heavy atom. The molecule has 0 aliphatic carbocycles. The maximum absolute atomic E-state index is 5.80. The lowest BCUT2D eigenvalue weighted by atomic mass is 10.2. The molecule has 2 N–H and O–H groups in total. The highest BCUT2D eigenvalue weighted by molar-refractivity contribution is 5.42. The summed E-state index contributed by atoms with van der Waals surface area (Å²) in [5.41, 5.74) is 9.64. The van der Waals surface area contributed by atoms with Gasteiger partial charge in [-0.1, -0.05) is 13.0 Å². The van der Waals surface area contributed by atoms with Gasteiger partial charge < -0.3 is 10.3 Å². The van der Waals surface area contributed by atoms with Crippen molar-refractivity contribution in [2.75, 3.05) is 5.73 Å². The second-order valence-electron chi connectivity index (χ2n) is 3.75. The minimum atomic E-state index is 0.800. The van der Waals surface area contributed by atoms with E-state index >= 15 is 0 Å². The fourth-order valence-electron chi connectivity index (χ4n) is 1.39. The fourth-order valence-corrected chi connectivity index (χ4v) is 1.39. The number of anilines is 1. The highest BCUT2D eigenvalue weighted by Gasteiger charge is 1.95. The van der Waals surface area contributed by atoms with E-state index in [2.05, 4.69) is 18.0 Å².